The summed E-state index contributed by atoms with van der Waals surface area (Å²) in [6, 6.07) is 2.77. The number of likely N-dealkylation sites (tertiary alicyclic amines) is 1. The molecule has 1 amide bonds. The standard InChI is InChI=1S/C21H26F3N7OS/c1-11-3-4-14(22)13(7-11)20-30-16(17(27)33-20)19(32)29-15(9-25)18(28-2)31-6-5-12(26)8-21(23,24)10-31/h3-4,7,9,12,15,25H,5-6,8,10,26-27H2,1-2H3,(H,29,32). The van der Waals surface area contributed by atoms with Crippen LogP contribution in [-0.4, -0.2) is 66.0 Å². The zero-order valence-electron chi connectivity index (χ0n) is 18.2. The highest BCUT2D eigenvalue weighted by Crippen LogP contribution is 2.32. The number of aliphatic imine (C=N–C) groups is 1. The van der Waals surface area contributed by atoms with Crippen LogP contribution in [0.3, 0.4) is 0 Å². The number of alkyl halides is 2. The Morgan fingerprint density at radius 1 is 1.48 bits per heavy atom. The van der Waals surface area contributed by atoms with Gasteiger partial charge >= 0.3 is 0 Å². The van der Waals surface area contributed by atoms with Gasteiger partial charge in [-0.05, 0) is 25.5 Å². The second-order valence-corrected chi connectivity index (χ2v) is 8.98. The minimum Gasteiger partial charge on any atom is -0.389 e. The molecule has 0 saturated carbocycles. The number of benzene rings is 1. The van der Waals surface area contributed by atoms with Crippen molar-refractivity contribution in [2.75, 3.05) is 25.9 Å². The topological polar surface area (TPSA) is 133 Å². The SMILES string of the molecule is CN=C(C(C=N)NC(=O)c1nc(-c2cc(C)ccc2F)sc1N)N1CCC(N)CC(F)(F)C1. The fourth-order valence-corrected chi connectivity index (χ4v) is 4.55. The molecule has 12 heteroatoms. The molecule has 33 heavy (non-hydrogen) atoms. The molecule has 1 aliphatic heterocycles. The number of rotatable bonds is 5. The second-order valence-electron chi connectivity index (χ2n) is 7.95. The summed E-state index contributed by atoms with van der Waals surface area (Å²) in [7, 11) is 1.40. The maximum absolute atomic E-state index is 14.3. The van der Waals surface area contributed by atoms with Gasteiger partial charge in [-0.2, -0.15) is 0 Å². The highest BCUT2D eigenvalue weighted by atomic mass is 32.1. The van der Waals surface area contributed by atoms with Gasteiger partial charge < -0.3 is 27.1 Å². The Morgan fingerprint density at radius 3 is 2.88 bits per heavy atom. The monoisotopic (exact) mass is 481 g/mol. The highest BCUT2D eigenvalue weighted by molar-refractivity contribution is 7.19. The van der Waals surface area contributed by atoms with Crippen molar-refractivity contribution in [3.63, 3.8) is 0 Å². The molecular formula is C21H26F3N7OS. The van der Waals surface area contributed by atoms with Crippen molar-refractivity contribution >= 4 is 34.3 Å². The van der Waals surface area contributed by atoms with Gasteiger partial charge in [-0.3, -0.25) is 9.79 Å². The van der Waals surface area contributed by atoms with Crippen molar-refractivity contribution in [3.8, 4) is 10.6 Å². The Labute approximate surface area is 193 Å². The molecular weight excluding hydrogens is 455 g/mol. The third-order valence-corrected chi connectivity index (χ3v) is 6.18. The van der Waals surface area contributed by atoms with Crippen LogP contribution in [0.1, 0.15) is 28.9 Å². The number of hydrogen-bond acceptors (Lipinski definition) is 7. The van der Waals surface area contributed by atoms with Crippen LogP contribution in [-0.2, 0) is 0 Å². The first-order valence-corrected chi connectivity index (χ1v) is 11.1. The molecule has 6 N–H and O–H groups in total. The predicted molar refractivity (Wildman–Crippen MR) is 124 cm³/mol. The molecule has 1 aromatic carbocycles. The second kappa shape index (κ2) is 9.87. The minimum atomic E-state index is -3.03. The number of nitrogen functional groups attached to an aromatic ring is 1. The van der Waals surface area contributed by atoms with Gasteiger partial charge in [-0.15, -0.1) is 0 Å². The van der Waals surface area contributed by atoms with Crippen molar-refractivity contribution in [1.29, 1.82) is 5.41 Å². The summed E-state index contributed by atoms with van der Waals surface area (Å²) in [6.07, 6.45) is 0.764. The molecule has 2 unspecified atom stereocenters. The van der Waals surface area contributed by atoms with Gasteiger partial charge in [-0.1, -0.05) is 23.0 Å². The van der Waals surface area contributed by atoms with E-state index in [9.17, 15) is 18.0 Å². The number of carbonyl (C=O) groups is 1. The fraction of sp³-hybridized carbons (Fsp3) is 0.429. The van der Waals surface area contributed by atoms with Crippen molar-refractivity contribution in [1.82, 2.24) is 15.2 Å². The first kappa shape index (κ1) is 24.6. The Hall–Kier alpha value is -2.99. The van der Waals surface area contributed by atoms with Crippen molar-refractivity contribution in [2.45, 2.75) is 37.8 Å². The summed E-state index contributed by atoms with van der Waals surface area (Å²) in [5.74, 6) is -4.16. The van der Waals surface area contributed by atoms with Gasteiger partial charge in [0.15, 0.2) is 5.69 Å². The number of halogens is 3. The summed E-state index contributed by atoms with van der Waals surface area (Å²) in [5.41, 5.74) is 12.6. The summed E-state index contributed by atoms with van der Waals surface area (Å²) in [5, 5.41) is 10.6. The molecule has 0 spiro atoms. The van der Waals surface area contributed by atoms with Crippen LogP contribution in [0.5, 0.6) is 0 Å². The van der Waals surface area contributed by atoms with Gasteiger partial charge in [0.05, 0.1) is 6.54 Å². The smallest absolute Gasteiger partial charge is 0.273 e. The Balaban J connectivity index is 1.83. The zero-order chi connectivity index (χ0) is 24.3. The van der Waals surface area contributed by atoms with Gasteiger partial charge in [0.2, 0.25) is 0 Å². The number of hydrogen-bond donors (Lipinski definition) is 4. The normalized spacial score (nSPS) is 19.6. The van der Waals surface area contributed by atoms with Crippen LogP contribution in [0.25, 0.3) is 10.6 Å². The summed E-state index contributed by atoms with van der Waals surface area (Å²) >= 11 is 0.953. The molecule has 2 heterocycles. The number of anilines is 1. The maximum atomic E-state index is 14.3. The third-order valence-electron chi connectivity index (χ3n) is 5.26. The Kier molecular flexibility index (Phi) is 7.38. The molecule has 1 aromatic heterocycles. The average molecular weight is 482 g/mol. The van der Waals surface area contributed by atoms with E-state index in [2.05, 4.69) is 15.3 Å². The van der Waals surface area contributed by atoms with Gasteiger partial charge in [-0.25, -0.2) is 18.2 Å². The van der Waals surface area contributed by atoms with Crippen LogP contribution in [0, 0.1) is 18.2 Å². The first-order chi connectivity index (χ1) is 15.5. The number of amidine groups is 1. The average Bonchev–Trinajstić information content (AvgIpc) is 3.07. The van der Waals surface area contributed by atoms with Crippen LogP contribution in [0.15, 0.2) is 23.2 Å². The van der Waals surface area contributed by atoms with Gasteiger partial charge in [0.1, 0.15) is 27.7 Å². The number of aromatic nitrogens is 1. The molecule has 3 rings (SSSR count). The maximum Gasteiger partial charge on any atom is 0.273 e. The van der Waals surface area contributed by atoms with Crippen LogP contribution >= 0.6 is 11.3 Å². The van der Waals surface area contributed by atoms with Gasteiger partial charge in [0.25, 0.3) is 11.8 Å². The molecule has 1 aliphatic rings. The number of nitrogens with one attached hydrogen (secondary N) is 2. The predicted octanol–water partition coefficient (Wildman–Crippen LogP) is 2.67. The van der Waals surface area contributed by atoms with Gasteiger partial charge in [0, 0.05) is 37.8 Å². The first-order valence-electron chi connectivity index (χ1n) is 10.2. The number of carbonyl (C=O) groups excluding carboxylic acids is 1. The lowest BCUT2D eigenvalue weighted by Crippen LogP contribution is -2.52. The van der Waals surface area contributed by atoms with E-state index in [1.807, 2.05) is 0 Å². The Morgan fingerprint density at radius 2 is 2.21 bits per heavy atom. The van der Waals surface area contributed by atoms with Crippen molar-refractivity contribution in [3.05, 3.63) is 35.3 Å². The number of nitrogens with zero attached hydrogens (tertiary/aromatic N) is 3. The zero-order valence-corrected chi connectivity index (χ0v) is 19.1. The number of thiazole rings is 1. The largest absolute Gasteiger partial charge is 0.389 e. The number of aryl methyl sites for hydroxylation is 1. The van der Waals surface area contributed by atoms with E-state index in [4.69, 9.17) is 16.9 Å². The lowest BCUT2D eigenvalue weighted by atomic mass is 10.1. The van der Waals surface area contributed by atoms with Crippen molar-refractivity contribution < 1.29 is 18.0 Å². The van der Waals surface area contributed by atoms with E-state index in [1.54, 1.807) is 19.1 Å². The number of nitrogens with two attached hydrogens (primary N) is 2. The quantitative estimate of drug-likeness (QED) is 0.385. The van der Waals surface area contributed by atoms with E-state index >= 15 is 0 Å². The van der Waals surface area contributed by atoms with E-state index in [0.717, 1.165) is 23.1 Å². The number of amides is 1. The molecule has 178 valence electrons. The van der Waals surface area contributed by atoms with E-state index < -0.39 is 42.7 Å². The summed E-state index contributed by atoms with van der Waals surface area (Å²) in [6.45, 7) is 1.38. The summed E-state index contributed by atoms with van der Waals surface area (Å²) in [4.78, 5) is 22.5. The molecule has 0 bridgehead atoms. The lowest BCUT2D eigenvalue weighted by molar-refractivity contribution is -0.0207. The molecule has 8 nitrogen and oxygen atoms in total. The fourth-order valence-electron chi connectivity index (χ4n) is 3.71. The van der Waals surface area contributed by atoms with Crippen molar-refractivity contribution in [2.24, 2.45) is 10.7 Å². The molecule has 2 atom stereocenters. The van der Waals surface area contributed by atoms with Crippen LogP contribution in [0.4, 0.5) is 18.2 Å². The molecule has 1 saturated heterocycles. The molecule has 2 aromatic rings. The minimum absolute atomic E-state index is 0.0643. The van der Waals surface area contributed by atoms with E-state index in [1.165, 1.54) is 18.0 Å². The van der Waals surface area contributed by atoms with Crippen LogP contribution in [0.2, 0.25) is 0 Å². The lowest BCUT2D eigenvalue weighted by Gasteiger charge is -2.30. The molecule has 0 aliphatic carbocycles. The highest BCUT2D eigenvalue weighted by Gasteiger charge is 2.39. The summed E-state index contributed by atoms with van der Waals surface area (Å²) < 4.78 is 42.8. The van der Waals surface area contributed by atoms with E-state index in [-0.39, 0.29) is 33.6 Å². The molecule has 1 fully saturated rings. The van der Waals surface area contributed by atoms with Crippen LogP contribution < -0.4 is 16.8 Å². The third kappa shape index (κ3) is 5.69. The Bertz CT molecular complexity index is 1070. The molecule has 0 radical (unpaired) electrons. The van der Waals surface area contributed by atoms with E-state index in [0.29, 0.717) is 6.42 Å².